The van der Waals surface area contributed by atoms with Gasteiger partial charge in [-0.25, -0.2) is 4.68 Å². The van der Waals surface area contributed by atoms with Gasteiger partial charge in [0, 0.05) is 19.8 Å². The number of nitriles is 1. The van der Waals surface area contributed by atoms with Gasteiger partial charge in [0.15, 0.2) is 0 Å². The van der Waals surface area contributed by atoms with Crippen LogP contribution < -0.4 is 0 Å². The molecule has 0 aliphatic heterocycles. The summed E-state index contributed by atoms with van der Waals surface area (Å²) in [5, 5.41) is 12.7. The summed E-state index contributed by atoms with van der Waals surface area (Å²) in [4.78, 5) is 13.4. The smallest absolute Gasteiger partial charge is 0.271 e. The molecule has 0 saturated heterocycles. The maximum Gasteiger partial charge on any atom is 0.271 e. The van der Waals surface area contributed by atoms with Gasteiger partial charge in [-0.1, -0.05) is 0 Å². The molecule has 0 fully saturated rings. The second kappa shape index (κ2) is 4.60. The van der Waals surface area contributed by atoms with Crippen molar-refractivity contribution in [2.45, 2.75) is 19.9 Å². The predicted octanol–water partition coefficient (Wildman–Crippen LogP) is 1.06. The average molecular weight is 206 g/mol. The average Bonchev–Trinajstić information content (AvgIpc) is 2.74. The summed E-state index contributed by atoms with van der Waals surface area (Å²) in [5.74, 6) is -0.114. The summed E-state index contributed by atoms with van der Waals surface area (Å²) in [6.45, 7) is 4.23. The molecule has 80 valence electrons. The molecule has 0 saturated carbocycles. The fourth-order valence-electron chi connectivity index (χ4n) is 1.19. The Morgan fingerprint density at radius 2 is 2.47 bits per heavy atom. The zero-order valence-electron chi connectivity index (χ0n) is 9.14. The zero-order chi connectivity index (χ0) is 11.4. The normalized spacial score (nSPS) is 11.9. The van der Waals surface area contributed by atoms with Gasteiger partial charge in [0.2, 0.25) is 0 Å². The topological polar surface area (TPSA) is 61.9 Å². The number of aromatic nitrogens is 2. The van der Waals surface area contributed by atoms with Crippen LogP contribution in [-0.2, 0) is 0 Å². The highest BCUT2D eigenvalue weighted by Gasteiger charge is 2.18. The maximum atomic E-state index is 11.8. The van der Waals surface area contributed by atoms with Crippen LogP contribution in [0.5, 0.6) is 0 Å². The van der Waals surface area contributed by atoms with E-state index in [1.54, 1.807) is 24.9 Å². The maximum absolute atomic E-state index is 11.8. The summed E-state index contributed by atoms with van der Waals surface area (Å²) in [6.07, 6.45) is 1.53. The van der Waals surface area contributed by atoms with E-state index in [0.29, 0.717) is 12.2 Å². The second-order valence-corrected chi connectivity index (χ2v) is 3.29. The van der Waals surface area contributed by atoms with E-state index in [1.807, 2.05) is 13.0 Å². The van der Waals surface area contributed by atoms with Gasteiger partial charge < -0.3 is 4.90 Å². The van der Waals surface area contributed by atoms with Gasteiger partial charge in [0.1, 0.15) is 11.7 Å². The van der Waals surface area contributed by atoms with Crippen molar-refractivity contribution in [2.75, 3.05) is 13.6 Å². The summed E-state index contributed by atoms with van der Waals surface area (Å²) in [7, 11) is 1.72. The lowest BCUT2D eigenvalue weighted by Gasteiger charge is -2.15. The third-order valence-corrected chi connectivity index (χ3v) is 2.26. The molecule has 0 aliphatic rings. The van der Waals surface area contributed by atoms with Crippen molar-refractivity contribution >= 4 is 5.91 Å². The number of hydrogen-bond acceptors (Lipinski definition) is 3. The number of rotatable bonds is 3. The van der Waals surface area contributed by atoms with E-state index in [2.05, 4.69) is 5.10 Å². The molecule has 0 bridgehead atoms. The third-order valence-electron chi connectivity index (χ3n) is 2.26. The van der Waals surface area contributed by atoms with Crippen molar-refractivity contribution in [2.24, 2.45) is 0 Å². The molecule has 15 heavy (non-hydrogen) atoms. The number of nitrogens with zero attached hydrogens (tertiary/aromatic N) is 4. The van der Waals surface area contributed by atoms with E-state index in [0.717, 1.165) is 0 Å². The van der Waals surface area contributed by atoms with Gasteiger partial charge in [0.25, 0.3) is 5.91 Å². The van der Waals surface area contributed by atoms with Crippen LogP contribution >= 0.6 is 0 Å². The van der Waals surface area contributed by atoms with E-state index < -0.39 is 6.04 Å². The Balaban J connectivity index is 3.01. The largest absolute Gasteiger partial charge is 0.341 e. The van der Waals surface area contributed by atoms with Crippen molar-refractivity contribution in [1.29, 1.82) is 5.26 Å². The van der Waals surface area contributed by atoms with Crippen LogP contribution in [0, 0.1) is 11.3 Å². The lowest BCUT2D eigenvalue weighted by molar-refractivity contribution is 0.0789. The summed E-state index contributed by atoms with van der Waals surface area (Å²) in [6, 6.07) is 3.25. The Kier molecular flexibility index (Phi) is 3.45. The Bertz CT molecular complexity index is 390. The van der Waals surface area contributed by atoms with E-state index in [-0.39, 0.29) is 5.91 Å². The highest BCUT2D eigenvalue weighted by atomic mass is 16.2. The van der Waals surface area contributed by atoms with Crippen LogP contribution in [0.4, 0.5) is 0 Å². The fraction of sp³-hybridized carbons (Fsp3) is 0.500. The van der Waals surface area contributed by atoms with Gasteiger partial charge in [-0.05, 0) is 19.9 Å². The number of hydrogen-bond donors (Lipinski definition) is 0. The van der Waals surface area contributed by atoms with Gasteiger partial charge in [-0.2, -0.15) is 10.4 Å². The van der Waals surface area contributed by atoms with Crippen molar-refractivity contribution in [3.63, 3.8) is 0 Å². The summed E-state index contributed by atoms with van der Waals surface area (Å²) in [5.41, 5.74) is 0.452. The molecule has 0 aromatic carbocycles. The molecule has 0 N–H and O–H groups in total. The fourth-order valence-corrected chi connectivity index (χ4v) is 1.19. The molecular weight excluding hydrogens is 192 g/mol. The van der Waals surface area contributed by atoms with Crippen LogP contribution in [0.3, 0.4) is 0 Å². The zero-order valence-corrected chi connectivity index (χ0v) is 9.14. The quantitative estimate of drug-likeness (QED) is 0.742. The van der Waals surface area contributed by atoms with Crippen LogP contribution in [0.1, 0.15) is 30.4 Å². The first-order valence-electron chi connectivity index (χ1n) is 4.80. The van der Waals surface area contributed by atoms with Crippen molar-refractivity contribution in [1.82, 2.24) is 14.7 Å². The molecule has 1 heterocycles. The summed E-state index contributed by atoms with van der Waals surface area (Å²) >= 11 is 0. The molecule has 0 spiro atoms. The van der Waals surface area contributed by atoms with Crippen molar-refractivity contribution < 1.29 is 4.79 Å². The molecule has 1 atom stereocenters. The lowest BCUT2D eigenvalue weighted by Crippen LogP contribution is -2.29. The first-order valence-corrected chi connectivity index (χ1v) is 4.80. The minimum absolute atomic E-state index is 0.114. The molecule has 1 rings (SSSR count). The molecule has 5 nitrogen and oxygen atoms in total. The van der Waals surface area contributed by atoms with Crippen molar-refractivity contribution in [3.8, 4) is 6.07 Å². The van der Waals surface area contributed by atoms with E-state index in [4.69, 9.17) is 5.26 Å². The molecule has 1 unspecified atom stereocenters. The summed E-state index contributed by atoms with van der Waals surface area (Å²) < 4.78 is 1.44. The van der Waals surface area contributed by atoms with Crippen molar-refractivity contribution in [3.05, 3.63) is 18.0 Å². The monoisotopic (exact) mass is 206 g/mol. The first-order chi connectivity index (χ1) is 7.11. The Labute approximate surface area is 88.9 Å². The second-order valence-electron chi connectivity index (χ2n) is 3.29. The third kappa shape index (κ3) is 2.15. The molecule has 1 aromatic heterocycles. The van der Waals surface area contributed by atoms with Crippen LogP contribution in [0.2, 0.25) is 0 Å². The predicted molar refractivity (Wildman–Crippen MR) is 55.2 cm³/mol. The standard InChI is InChI=1S/C10H14N4O/c1-4-13(3)10(15)9-5-6-12-14(9)8(2)7-11/h5-6,8H,4H2,1-3H3. The molecule has 5 heteroatoms. The van der Waals surface area contributed by atoms with E-state index >= 15 is 0 Å². The molecule has 1 amide bonds. The Morgan fingerprint density at radius 3 is 3.00 bits per heavy atom. The molecule has 0 radical (unpaired) electrons. The van der Waals surface area contributed by atoms with E-state index in [9.17, 15) is 4.79 Å². The van der Waals surface area contributed by atoms with Gasteiger partial charge in [0.05, 0.1) is 6.07 Å². The van der Waals surface area contributed by atoms with Gasteiger partial charge in [-0.3, -0.25) is 4.79 Å². The van der Waals surface area contributed by atoms with Crippen LogP contribution in [-0.4, -0.2) is 34.2 Å². The van der Waals surface area contributed by atoms with E-state index in [1.165, 1.54) is 10.9 Å². The minimum Gasteiger partial charge on any atom is -0.341 e. The highest BCUT2D eigenvalue weighted by molar-refractivity contribution is 5.92. The van der Waals surface area contributed by atoms with Crippen LogP contribution in [0.25, 0.3) is 0 Å². The number of carbonyl (C=O) groups is 1. The number of amides is 1. The minimum atomic E-state index is -0.427. The molecular formula is C10H14N4O. The van der Waals surface area contributed by atoms with Gasteiger partial charge >= 0.3 is 0 Å². The van der Waals surface area contributed by atoms with Crippen LogP contribution in [0.15, 0.2) is 12.3 Å². The first kappa shape index (κ1) is 11.2. The Morgan fingerprint density at radius 1 is 1.80 bits per heavy atom. The Hall–Kier alpha value is -1.83. The lowest BCUT2D eigenvalue weighted by atomic mass is 10.3. The highest BCUT2D eigenvalue weighted by Crippen LogP contribution is 2.09. The SMILES string of the molecule is CCN(C)C(=O)c1ccnn1C(C)C#N. The van der Waals surface area contributed by atoms with Gasteiger partial charge in [-0.15, -0.1) is 0 Å². The molecule has 1 aromatic rings. The number of carbonyl (C=O) groups excluding carboxylic acids is 1. The molecule has 0 aliphatic carbocycles.